The maximum atomic E-state index is 13.4. The highest BCUT2D eigenvalue weighted by atomic mass is 19.1. The van der Waals surface area contributed by atoms with Gasteiger partial charge in [-0.15, -0.1) is 0 Å². The van der Waals surface area contributed by atoms with E-state index in [0.717, 1.165) is 54.8 Å². The molecular weight excluding hydrogens is 385 g/mol. The number of halogens is 1. The Morgan fingerprint density at radius 2 is 1.97 bits per heavy atom. The highest BCUT2D eigenvalue weighted by Gasteiger charge is 2.25. The molecule has 1 fully saturated rings. The molecule has 4 aromatic rings. The van der Waals surface area contributed by atoms with Crippen molar-refractivity contribution in [3.05, 3.63) is 63.7 Å². The quantitative estimate of drug-likeness (QED) is 0.517. The largest absolute Gasteiger partial charge is 0.356 e. The lowest BCUT2D eigenvalue weighted by Gasteiger charge is -2.31. The van der Waals surface area contributed by atoms with Gasteiger partial charge in [0.1, 0.15) is 11.3 Å². The lowest BCUT2D eigenvalue weighted by Crippen LogP contribution is -2.37. The second-order valence-corrected chi connectivity index (χ2v) is 8.12. The Labute approximate surface area is 172 Å². The van der Waals surface area contributed by atoms with Crippen molar-refractivity contribution >= 4 is 16.5 Å². The molecule has 0 amide bonds. The minimum atomic E-state index is -0.310. The van der Waals surface area contributed by atoms with E-state index in [0.29, 0.717) is 23.6 Å². The number of fused-ring (bicyclic) bond motifs is 2. The van der Waals surface area contributed by atoms with E-state index in [1.165, 1.54) is 12.1 Å². The van der Waals surface area contributed by atoms with Gasteiger partial charge in [-0.05, 0) is 51.9 Å². The van der Waals surface area contributed by atoms with Crippen LogP contribution in [0.25, 0.3) is 16.5 Å². The van der Waals surface area contributed by atoms with Crippen molar-refractivity contribution in [3.8, 4) is 0 Å². The molecule has 1 aliphatic heterocycles. The highest BCUT2D eigenvalue weighted by Crippen LogP contribution is 2.32. The van der Waals surface area contributed by atoms with E-state index < -0.39 is 0 Å². The number of likely N-dealkylation sites (tertiary alicyclic amines) is 1. The number of benzene rings is 1. The first-order valence-corrected chi connectivity index (χ1v) is 10.3. The molecule has 0 N–H and O–H groups in total. The minimum absolute atomic E-state index is 0.00628. The first-order chi connectivity index (χ1) is 14.5. The van der Waals surface area contributed by atoms with Gasteiger partial charge in [-0.25, -0.2) is 8.91 Å². The minimum Gasteiger partial charge on any atom is -0.356 e. The summed E-state index contributed by atoms with van der Waals surface area (Å²) in [6, 6.07) is 4.60. The van der Waals surface area contributed by atoms with Crippen LogP contribution in [0.2, 0.25) is 0 Å². The number of hydrogen-bond acceptors (Lipinski definition) is 5. The zero-order chi connectivity index (χ0) is 20.8. The third kappa shape index (κ3) is 3.21. The molecule has 0 bridgehead atoms. The number of aromatic nitrogens is 4. The molecule has 0 atom stereocenters. The van der Waals surface area contributed by atoms with Crippen LogP contribution in [0.15, 0.2) is 39.9 Å². The number of nitrogens with zero attached hydrogens (tertiary/aromatic N) is 5. The molecule has 0 unspecified atom stereocenters. The van der Waals surface area contributed by atoms with Crippen LogP contribution in [-0.2, 0) is 6.54 Å². The molecule has 1 aromatic carbocycles. The highest BCUT2D eigenvalue weighted by molar-refractivity contribution is 5.79. The van der Waals surface area contributed by atoms with Crippen LogP contribution in [0.1, 0.15) is 35.7 Å². The lowest BCUT2D eigenvalue weighted by molar-refractivity contribution is 0.202. The van der Waals surface area contributed by atoms with Crippen molar-refractivity contribution in [1.82, 2.24) is 24.2 Å². The Morgan fingerprint density at radius 3 is 2.77 bits per heavy atom. The smallest absolute Gasteiger partial charge is 0.276 e. The summed E-state index contributed by atoms with van der Waals surface area (Å²) in [6.07, 6.45) is 5.60. The molecule has 7 nitrogen and oxygen atoms in total. The molecule has 30 heavy (non-hydrogen) atoms. The van der Waals surface area contributed by atoms with E-state index in [-0.39, 0.29) is 11.4 Å². The Hall–Kier alpha value is -3.00. The van der Waals surface area contributed by atoms with Crippen LogP contribution in [0, 0.1) is 19.7 Å². The second-order valence-electron chi connectivity index (χ2n) is 8.12. The maximum absolute atomic E-state index is 13.4. The fraction of sp³-hybridized carbons (Fsp3) is 0.409. The van der Waals surface area contributed by atoms with E-state index >= 15 is 0 Å². The molecule has 0 radical (unpaired) electrons. The van der Waals surface area contributed by atoms with E-state index in [1.54, 1.807) is 15.1 Å². The van der Waals surface area contributed by atoms with Crippen LogP contribution in [0.4, 0.5) is 4.39 Å². The summed E-state index contributed by atoms with van der Waals surface area (Å²) in [5.41, 5.74) is 3.92. The second kappa shape index (κ2) is 7.36. The van der Waals surface area contributed by atoms with Gasteiger partial charge in [0, 0.05) is 48.4 Å². The number of piperidine rings is 1. The third-order valence-corrected chi connectivity index (χ3v) is 6.33. The Bertz CT molecular complexity index is 1280. The zero-order valence-corrected chi connectivity index (χ0v) is 17.1. The lowest BCUT2D eigenvalue weighted by atomic mass is 9.91. The molecule has 3 aromatic heterocycles. The van der Waals surface area contributed by atoms with Gasteiger partial charge in [-0.2, -0.15) is 5.10 Å². The molecule has 0 aliphatic carbocycles. The van der Waals surface area contributed by atoms with Gasteiger partial charge in [0.15, 0.2) is 5.58 Å². The van der Waals surface area contributed by atoms with E-state index in [4.69, 9.17) is 4.52 Å². The average molecular weight is 409 g/mol. The Balaban J connectivity index is 1.24. The molecule has 8 heteroatoms. The first-order valence-electron chi connectivity index (χ1n) is 10.3. The average Bonchev–Trinajstić information content (AvgIpc) is 3.28. The van der Waals surface area contributed by atoms with Crippen molar-refractivity contribution in [2.45, 2.75) is 39.2 Å². The fourth-order valence-electron chi connectivity index (χ4n) is 4.42. The van der Waals surface area contributed by atoms with Crippen LogP contribution >= 0.6 is 0 Å². The maximum Gasteiger partial charge on any atom is 0.276 e. The summed E-state index contributed by atoms with van der Waals surface area (Å²) in [4.78, 5) is 15.2. The van der Waals surface area contributed by atoms with Crippen molar-refractivity contribution in [2.24, 2.45) is 0 Å². The van der Waals surface area contributed by atoms with Gasteiger partial charge in [-0.1, -0.05) is 5.16 Å². The molecular formula is C22H24FN5O2. The fourth-order valence-corrected chi connectivity index (χ4v) is 4.42. The van der Waals surface area contributed by atoms with Crippen molar-refractivity contribution in [1.29, 1.82) is 0 Å². The first kappa shape index (κ1) is 19.0. The topological polar surface area (TPSA) is 68.6 Å². The summed E-state index contributed by atoms with van der Waals surface area (Å²) < 4.78 is 22.1. The molecule has 0 saturated carbocycles. The zero-order valence-electron chi connectivity index (χ0n) is 17.1. The molecule has 1 aliphatic rings. The normalized spacial score (nSPS) is 16.1. The molecule has 0 spiro atoms. The van der Waals surface area contributed by atoms with Crippen molar-refractivity contribution in [3.63, 3.8) is 0 Å². The predicted octanol–water partition coefficient (Wildman–Crippen LogP) is 3.27. The number of rotatable bonds is 4. The van der Waals surface area contributed by atoms with Crippen LogP contribution < -0.4 is 5.56 Å². The molecule has 1 saturated heterocycles. The van der Waals surface area contributed by atoms with E-state index in [1.807, 2.05) is 26.2 Å². The van der Waals surface area contributed by atoms with Gasteiger partial charge in [-0.3, -0.25) is 4.79 Å². The Morgan fingerprint density at radius 1 is 1.17 bits per heavy atom. The van der Waals surface area contributed by atoms with Gasteiger partial charge >= 0.3 is 0 Å². The van der Waals surface area contributed by atoms with Crippen LogP contribution in [0.5, 0.6) is 0 Å². The number of hydrogen-bond donors (Lipinski definition) is 0. The van der Waals surface area contributed by atoms with Crippen molar-refractivity contribution in [2.75, 3.05) is 19.6 Å². The molecule has 4 heterocycles. The van der Waals surface area contributed by atoms with Crippen LogP contribution in [0.3, 0.4) is 0 Å². The standard InChI is InChI=1S/C22H24FN5O2/c1-14-15(2)24-28-12-11-27(22(29)21(14)28)10-9-26-7-5-16(6-8-26)20-18-4-3-17(23)13-19(18)30-25-20/h3-4,11-13,16H,5-10H2,1-2H3. The Kier molecular flexibility index (Phi) is 4.66. The molecule has 5 rings (SSSR count). The number of aryl methyl sites for hydroxylation is 2. The van der Waals surface area contributed by atoms with Gasteiger partial charge in [0.25, 0.3) is 5.56 Å². The predicted molar refractivity (Wildman–Crippen MR) is 111 cm³/mol. The monoisotopic (exact) mass is 409 g/mol. The summed E-state index contributed by atoms with van der Waals surface area (Å²) in [5, 5.41) is 9.50. The SMILES string of the molecule is Cc1nn2ccn(CCN3CCC(c4noc5cc(F)ccc45)CC3)c(=O)c2c1C. The van der Waals surface area contributed by atoms with Crippen LogP contribution in [-0.4, -0.2) is 43.9 Å². The summed E-state index contributed by atoms with van der Waals surface area (Å²) in [6.45, 7) is 7.20. The van der Waals surface area contributed by atoms with E-state index in [2.05, 4.69) is 15.2 Å². The van der Waals surface area contributed by atoms with Gasteiger partial charge in [0.05, 0.1) is 11.4 Å². The van der Waals surface area contributed by atoms with Crippen molar-refractivity contribution < 1.29 is 8.91 Å². The molecule has 156 valence electrons. The third-order valence-electron chi connectivity index (χ3n) is 6.33. The van der Waals surface area contributed by atoms with Gasteiger partial charge in [0.2, 0.25) is 0 Å². The van der Waals surface area contributed by atoms with E-state index in [9.17, 15) is 9.18 Å². The van der Waals surface area contributed by atoms with Gasteiger partial charge < -0.3 is 14.0 Å². The summed E-state index contributed by atoms with van der Waals surface area (Å²) >= 11 is 0. The summed E-state index contributed by atoms with van der Waals surface area (Å²) in [5.74, 6) is -0.000754. The summed E-state index contributed by atoms with van der Waals surface area (Å²) in [7, 11) is 0.